The smallest absolute Gasteiger partial charge is 0.306 e. The van der Waals surface area contributed by atoms with Gasteiger partial charge in [-0.2, -0.15) is 0 Å². The van der Waals surface area contributed by atoms with Gasteiger partial charge in [-0.15, -0.1) is 0 Å². The number of hydrogen-bond donors (Lipinski definition) is 2. The summed E-state index contributed by atoms with van der Waals surface area (Å²) in [4.78, 5) is 10.6. The van der Waals surface area contributed by atoms with Crippen molar-refractivity contribution in [3.63, 3.8) is 0 Å². The van der Waals surface area contributed by atoms with E-state index < -0.39 is 11.8 Å². The SMILES string of the molecule is O=C(O)C1CC1CNCc1ccc(F)c(Cl)c1. The first kappa shape index (κ1) is 12.3. The lowest BCUT2D eigenvalue weighted by Crippen LogP contribution is -2.18. The molecule has 0 spiro atoms. The number of nitrogens with one attached hydrogen (secondary N) is 1. The normalized spacial score (nSPS) is 22.5. The summed E-state index contributed by atoms with van der Waals surface area (Å²) in [6, 6.07) is 4.57. The molecule has 3 nitrogen and oxygen atoms in total. The fourth-order valence-corrected chi connectivity index (χ4v) is 2.03. The van der Waals surface area contributed by atoms with Crippen molar-refractivity contribution in [1.29, 1.82) is 0 Å². The van der Waals surface area contributed by atoms with Gasteiger partial charge in [-0.25, -0.2) is 4.39 Å². The Morgan fingerprint density at radius 1 is 1.59 bits per heavy atom. The molecule has 92 valence electrons. The topological polar surface area (TPSA) is 49.3 Å². The van der Waals surface area contributed by atoms with Crippen molar-refractivity contribution >= 4 is 17.6 Å². The summed E-state index contributed by atoms with van der Waals surface area (Å²) in [7, 11) is 0. The molecule has 0 radical (unpaired) electrons. The van der Waals surface area contributed by atoms with E-state index >= 15 is 0 Å². The largest absolute Gasteiger partial charge is 0.481 e. The second kappa shape index (κ2) is 5.02. The summed E-state index contributed by atoms with van der Waals surface area (Å²) in [5, 5.41) is 12.0. The second-order valence-corrected chi connectivity index (χ2v) is 4.73. The van der Waals surface area contributed by atoms with Crippen LogP contribution < -0.4 is 5.32 Å². The van der Waals surface area contributed by atoms with Crippen LogP contribution in [0.2, 0.25) is 5.02 Å². The number of hydrogen-bond acceptors (Lipinski definition) is 2. The van der Waals surface area contributed by atoms with Gasteiger partial charge in [-0.3, -0.25) is 4.79 Å². The van der Waals surface area contributed by atoms with Crippen LogP contribution in [-0.2, 0) is 11.3 Å². The van der Waals surface area contributed by atoms with Crippen LogP contribution in [0.15, 0.2) is 18.2 Å². The number of benzene rings is 1. The molecule has 1 aromatic rings. The van der Waals surface area contributed by atoms with Gasteiger partial charge in [-0.1, -0.05) is 17.7 Å². The van der Waals surface area contributed by atoms with Gasteiger partial charge < -0.3 is 10.4 Å². The maximum absolute atomic E-state index is 12.9. The van der Waals surface area contributed by atoms with Crippen LogP contribution >= 0.6 is 11.6 Å². The molecule has 1 aromatic carbocycles. The Morgan fingerprint density at radius 2 is 2.35 bits per heavy atom. The molecule has 0 saturated heterocycles. The molecule has 5 heteroatoms. The van der Waals surface area contributed by atoms with Crippen LogP contribution in [0.25, 0.3) is 0 Å². The van der Waals surface area contributed by atoms with Crippen molar-refractivity contribution in [2.45, 2.75) is 13.0 Å². The van der Waals surface area contributed by atoms with E-state index in [-0.39, 0.29) is 16.9 Å². The van der Waals surface area contributed by atoms with Gasteiger partial charge >= 0.3 is 5.97 Å². The predicted octanol–water partition coefficient (Wildman–Crippen LogP) is 2.29. The van der Waals surface area contributed by atoms with Gasteiger partial charge in [0.05, 0.1) is 10.9 Å². The molecule has 1 saturated carbocycles. The number of carboxylic acids is 1. The molecule has 2 unspecified atom stereocenters. The van der Waals surface area contributed by atoms with Gasteiger partial charge in [0.2, 0.25) is 0 Å². The Bertz CT molecular complexity index is 439. The lowest BCUT2D eigenvalue weighted by Gasteiger charge is -2.05. The molecule has 0 heterocycles. The third-order valence-corrected chi connectivity index (χ3v) is 3.25. The van der Waals surface area contributed by atoms with Crippen LogP contribution in [0.4, 0.5) is 4.39 Å². The first-order chi connectivity index (χ1) is 8.08. The summed E-state index contributed by atoms with van der Waals surface area (Å²) in [6.07, 6.45) is 0.743. The minimum Gasteiger partial charge on any atom is -0.481 e. The van der Waals surface area contributed by atoms with Crippen LogP contribution in [0, 0.1) is 17.7 Å². The van der Waals surface area contributed by atoms with Gasteiger partial charge in [-0.05, 0) is 36.6 Å². The predicted molar refractivity (Wildman–Crippen MR) is 62.3 cm³/mol. The first-order valence-electron chi connectivity index (χ1n) is 5.45. The number of rotatable bonds is 5. The maximum atomic E-state index is 12.9. The summed E-state index contributed by atoms with van der Waals surface area (Å²) in [5.41, 5.74) is 0.893. The third-order valence-electron chi connectivity index (χ3n) is 2.96. The molecular weight excluding hydrogens is 245 g/mol. The lowest BCUT2D eigenvalue weighted by molar-refractivity contribution is -0.138. The zero-order valence-electron chi connectivity index (χ0n) is 9.12. The quantitative estimate of drug-likeness (QED) is 0.851. The van der Waals surface area contributed by atoms with Gasteiger partial charge in [0.25, 0.3) is 0 Å². The summed E-state index contributed by atoms with van der Waals surface area (Å²) >= 11 is 5.65. The highest BCUT2D eigenvalue weighted by molar-refractivity contribution is 6.30. The van der Waals surface area contributed by atoms with E-state index in [1.165, 1.54) is 6.07 Å². The lowest BCUT2D eigenvalue weighted by atomic mass is 10.2. The van der Waals surface area contributed by atoms with Crippen LogP contribution in [0.3, 0.4) is 0 Å². The van der Waals surface area contributed by atoms with Crippen LogP contribution in [0.1, 0.15) is 12.0 Å². The van der Waals surface area contributed by atoms with Gasteiger partial charge in [0, 0.05) is 6.54 Å². The molecule has 1 aliphatic rings. The van der Waals surface area contributed by atoms with E-state index in [2.05, 4.69) is 5.32 Å². The Labute approximate surface area is 104 Å². The molecule has 2 rings (SSSR count). The number of carbonyl (C=O) groups is 1. The minimum atomic E-state index is -0.721. The van der Waals surface area contributed by atoms with Crippen LogP contribution in [-0.4, -0.2) is 17.6 Å². The molecule has 1 aliphatic carbocycles. The fraction of sp³-hybridized carbons (Fsp3) is 0.417. The van der Waals surface area contributed by atoms with Crippen molar-refractivity contribution in [1.82, 2.24) is 5.32 Å². The van der Waals surface area contributed by atoms with Crippen molar-refractivity contribution in [3.8, 4) is 0 Å². The highest BCUT2D eigenvalue weighted by Gasteiger charge is 2.42. The maximum Gasteiger partial charge on any atom is 0.306 e. The highest BCUT2D eigenvalue weighted by atomic mass is 35.5. The Hall–Kier alpha value is -1.13. The molecule has 2 atom stereocenters. The zero-order chi connectivity index (χ0) is 12.4. The first-order valence-corrected chi connectivity index (χ1v) is 5.83. The van der Waals surface area contributed by atoms with Crippen LogP contribution in [0.5, 0.6) is 0 Å². The standard InChI is InChI=1S/C12H13ClFNO2/c13-10-3-7(1-2-11(10)14)5-15-6-8-4-9(8)12(16)17/h1-3,8-9,15H,4-6H2,(H,16,17). The Morgan fingerprint density at radius 3 is 2.94 bits per heavy atom. The van der Waals surface area contributed by atoms with Crippen molar-refractivity contribution in [2.24, 2.45) is 11.8 Å². The summed E-state index contributed by atoms with van der Waals surface area (Å²) in [6.45, 7) is 1.24. The molecule has 0 aliphatic heterocycles. The Balaban J connectivity index is 1.75. The monoisotopic (exact) mass is 257 g/mol. The second-order valence-electron chi connectivity index (χ2n) is 4.32. The van der Waals surface area contributed by atoms with E-state index in [4.69, 9.17) is 16.7 Å². The molecule has 0 aromatic heterocycles. The van der Waals surface area contributed by atoms with Gasteiger partial charge in [0.15, 0.2) is 0 Å². The number of aliphatic carboxylic acids is 1. The average molecular weight is 258 g/mol. The molecule has 0 bridgehead atoms. The number of halogens is 2. The Kier molecular flexibility index (Phi) is 3.64. The molecule has 2 N–H and O–H groups in total. The van der Waals surface area contributed by atoms with E-state index in [9.17, 15) is 9.18 Å². The minimum absolute atomic E-state index is 0.110. The summed E-state index contributed by atoms with van der Waals surface area (Å²) < 4.78 is 12.9. The molecule has 0 amide bonds. The van der Waals surface area contributed by atoms with Gasteiger partial charge in [0.1, 0.15) is 5.82 Å². The average Bonchev–Trinajstić information content (AvgIpc) is 3.03. The fourth-order valence-electron chi connectivity index (χ4n) is 1.83. The van der Waals surface area contributed by atoms with E-state index in [1.54, 1.807) is 12.1 Å². The van der Waals surface area contributed by atoms with E-state index in [1.807, 2.05) is 0 Å². The number of carboxylic acid groups (broad SMARTS) is 1. The van der Waals surface area contributed by atoms with Crippen molar-refractivity contribution in [3.05, 3.63) is 34.6 Å². The zero-order valence-corrected chi connectivity index (χ0v) is 9.88. The molecule has 1 fully saturated rings. The third kappa shape index (κ3) is 3.17. The highest BCUT2D eigenvalue weighted by Crippen LogP contribution is 2.37. The van der Waals surface area contributed by atoms with Crippen molar-refractivity contribution < 1.29 is 14.3 Å². The van der Waals surface area contributed by atoms with E-state index in [0.717, 1.165) is 12.0 Å². The molecule has 17 heavy (non-hydrogen) atoms. The van der Waals surface area contributed by atoms with Crippen molar-refractivity contribution in [2.75, 3.05) is 6.54 Å². The van der Waals surface area contributed by atoms with E-state index in [0.29, 0.717) is 13.1 Å². The molecular formula is C12H13ClFNO2. The summed E-state index contributed by atoms with van der Waals surface area (Å²) in [5.74, 6) is -1.12.